The molecule has 1 amide bonds. The molecule has 27 heavy (non-hydrogen) atoms. The fraction of sp³-hybridized carbons (Fsp3) is 0.100. The standard InChI is InChI=1S/C20H17ClN4O2/c21-13-3-1-2-12(6-13)11-25-18-5-4-14(22)7-16(18)17-8-15(9-20(26)24-27)23-10-19(17)25/h1-8,10,27H,9,11,22H2,(H,24,26). The van der Waals surface area contributed by atoms with Crippen LogP contribution in [0.3, 0.4) is 0 Å². The molecule has 4 rings (SSSR count). The van der Waals surface area contributed by atoms with E-state index in [1.807, 2.05) is 48.5 Å². The van der Waals surface area contributed by atoms with Crippen LogP contribution in [0.15, 0.2) is 54.7 Å². The van der Waals surface area contributed by atoms with Crippen molar-refractivity contribution in [3.8, 4) is 0 Å². The van der Waals surface area contributed by atoms with Crippen molar-refractivity contribution in [1.82, 2.24) is 15.0 Å². The van der Waals surface area contributed by atoms with Gasteiger partial charge in [0.05, 0.1) is 23.8 Å². The van der Waals surface area contributed by atoms with Gasteiger partial charge in [-0.1, -0.05) is 23.7 Å². The molecule has 4 aromatic rings. The van der Waals surface area contributed by atoms with Gasteiger partial charge in [0.15, 0.2) is 0 Å². The van der Waals surface area contributed by atoms with Crippen molar-refractivity contribution in [3.63, 3.8) is 0 Å². The van der Waals surface area contributed by atoms with Crippen LogP contribution < -0.4 is 11.2 Å². The molecule has 0 saturated heterocycles. The van der Waals surface area contributed by atoms with Crippen molar-refractivity contribution in [2.24, 2.45) is 0 Å². The number of nitrogen functional groups attached to an aromatic ring is 1. The second-order valence-corrected chi connectivity index (χ2v) is 6.83. The SMILES string of the molecule is Nc1ccc2c(c1)c1cc(CC(=O)NO)ncc1n2Cc1cccc(Cl)c1. The summed E-state index contributed by atoms with van der Waals surface area (Å²) >= 11 is 6.13. The van der Waals surface area contributed by atoms with Crippen molar-refractivity contribution in [2.75, 3.05) is 5.73 Å². The van der Waals surface area contributed by atoms with E-state index in [2.05, 4.69) is 9.55 Å². The second-order valence-electron chi connectivity index (χ2n) is 6.40. The minimum Gasteiger partial charge on any atom is -0.399 e. The van der Waals surface area contributed by atoms with Crippen molar-refractivity contribution >= 4 is 45.0 Å². The Labute approximate surface area is 160 Å². The van der Waals surface area contributed by atoms with E-state index in [1.165, 1.54) is 0 Å². The van der Waals surface area contributed by atoms with Crippen LogP contribution >= 0.6 is 11.6 Å². The molecule has 0 spiro atoms. The zero-order chi connectivity index (χ0) is 19.0. The van der Waals surface area contributed by atoms with E-state index in [0.717, 1.165) is 27.4 Å². The highest BCUT2D eigenvalue weighted by Gasteiger charge is 2.14. The molecule has 0 aliphatic rings. The molecule has 7 heteroatoms. The number of hydrogen-bond donors (Lipinski definition) is 3. The predicted octanol–water partition coefficient (Wildman–Crippen LogP) is 3.52. The molecule has 0 aliphatic heterocycles. The van der Waals surface area contributed by atoms with Gasteiger partial charge in [0, 0.05) is 33.5 Å². The maximum atomic E-state index is 11.5. The number of rotatable bonds is 4. The number of carbonyl (C=O) groups excluding carboxylic acids is 1. The molecule has 0 atom stereocenters. The van der Waals surface area contributed by atoms with Gasteiger partial charge in [0.2, 0.25) is 5.91 Å². The van der Waals surface area contributed by atoms with Crippen molar-refractivity contribution in [2.45, 2.75) is 13.0 Å². The molecular weight excluding hydrogens is 364 g/mol. The Balaban J connectivity index is 1.90. The molecular formula is C20H17ClN4O2. The third kappa shape index (κ3) is 3.32. The Hall–Kier alpha value is -3.09. The highest BCUT2D eigenvalue weighted by atomic mass is 35.5. The lowest BCUT2D eigenvalue weighted by Gasteiger charge is -2.08. The van der Waals surface area contributed by atoms with Gasteiger partial charge in [-0.25, -0.2) is 5.48 Å². The van der Waals surface area contributed by atoms with E-state index in [4.69, 9.17) is 22.5 Å². The molecule has 4 N–H and O–H groups in total. The number of nitrogens with one attached hydrogen (secondary N) is 1. The minimum atomic E-state index is -0.510. The van der Waals surface area contributed by atoms with Gasteiger partial charge in [-0.15, -0.1) is 0 Å². The Bertz CT molecular complexity index is 1170. The zero-order valence-electron chi connectivity index (χ0n) is 14.3. The molecule has 2 aromatic heterocycles. The number of hydroxylamine groups is 1. The first-order valence-corrected chi connectivity index (χ1v) is 8.76. The van der Waals surface area contributed by atoms with E-state index in [9.17, 15) is 4.79 Å². The van der Waals surface area contributed by atoms with Crippen LogP contribution in [0.4, 0.5) is 5.69 Å². The van der Waals surface area contributed by atoms with Crippen LogP contribution in [0.5, 0.6) is 0 Å². The summed E-state index contributed by atoms with van der Waals surface area (Å²) in [6.07, 6.45) is 1.74. The first-order valence-electron chi connectivity index (χ1n) is 8.39. The number of fused-ring (bicyclic) bond motifs is 3. The minimum absolute atomic E-state index is 0.00424. The van der Waals surface area contributed by atoms with Crippen LogP contribution in [0.25, 0.3) is 21.8 Å². The summed E-state index contributed by atoms with van der Waals surface area (Å²) in [6, 6.07) is 15.4. The molecule has 0 fully saturated rings. The second kappa shape index (κ2) is 6.90. The average molecular weight is 381 g/mol. The Morgan fingerprint density at radius 3 is 2.74 bits per heavy atom. The number of nitrogens with two attached hydrogens (primary N) is 1. The Kier molecular flexibility index (Phi) is 4.43. The first-order chi connectivity index (χ1) is 13.0. The van der Waals surface area contributed by atoms with Crippen molar-refractivity contribution < 1.29 is 10.0 Å². The Morgan fingerprint density at radius 2 is 1.96 bits per heavy atom. The highest BCUT2D eigenvalue weighted by Crippen LogP contribution is 2.31. The van der Waals surface area contributed by atoms with Gasteiger partial charge < -0.3 is 10.3 Å². The normalized spacial score (nSPS) is 11.2. The molecule has 2 aromatic carbocycles. The quantitative estimate of drug-likeness (QED) is 0.287. The molecule has 0 saturated carbocycles. The zero-order valence-corrected chi connectivity index (χ0v) is 15.1. The molecule has 0 bridgehead atoms. The monoisotopic (exact) mass is 380 g/mol. The molecule has 2 heterocycles. The van der Waals surface area contributed by atoms with Crippen LogP contribution in [-0.2, 0) is 17.8 Å². The van der Waals surface area contributed by atoms with E-state index in [1.54, 1.807) is 11.7 Å². The van der Waals surface area contributed by atoms with Crippen molar-refractivity contribution in [1.29, 1.82) is 0 Å². The van der Waals surface area contributed by atoms with Gasteiger partial charge in [-0.2, -0.15) is 0 Å². The van der Waals surface area contributed by atoms with Crippen LogP contribution in [0.2, 0.25) is 5.02 Å². The summed E-state index contributed by atoms with van der Waals surface area (Å²) in [5, 5.41) is 11.4. The predicted molar refractivity (Wildman–Crippen MR) is 106 cm³/mol. The number of anilines is 1. The molecule has 0 radical (unpaired) electrons. The summed E-state index contributed by atoms with van der Waals surface area (Å²) in [7, 11) is 0. The third-order valence-corrected chi connectivity index (χ3v) is 4.76. The maximum absolute atomic E-state index is 11.5. The van der Waals surface area contributed by atoms with Gasteiger partial charge in [0.1, 0.15) is 0 Å². The summed E-state index contributed by atoms with van der Waals surface area (Å²) in [6.45, 7) is 0.628. The number of nitrogens with zero attached hydrogens (tertiary/aromatic N) is 2. The van der Waals surface area contributed by atoms with Crippen molar-refractivity contribution in [3.05, 3.63) is 71.0 Å². The van der Waals surface area contributed by atoms with Gasteiger partial charge in [-0.3, -0.25) is 15.0 Å². The van der Waals surface area contributed by atoms with Crippen LogP contribution in [0.1, 0.15) is 11.3 Å². The van der Waals surface area contributed by atoms with Crippen LogP contribution in [0, 0.1) is 0 Å². The topological polar surface area (TPSA) is 93.2 Å². The number of halogens is 1. The lowest BCUT2D eigenvalue weighted by atomic mass is 10.1. The smallest absolute Gasteiger partial charge is 0.249 e. The first kappa shape index (κ1) is 17.3. The lowest BCUT2D eigenvalue weighted by molar-refractivity contribution is -0.128. The third-order valence-electron chi connectivity index (χ3n) is 4.53. The van der Waals surface area contributed by atoms with E-state index in [0.29, 0.717) is 22.9 Å². The largest absolute Gasteiger partial charge is 0.399 e. The van der Waals surface area contributed by atoms with E-state index >= 15 is 0 Å². The number of benzene rings is 2. The fourth-order valence-corrected chi connectivity index (χ4v) is 3.56. The molecule has 0 unspecified atom stereocenters. The number of amides is 1. The van der Waals surface area contributed by atoms with Gasteiger partial charge >= 0.3 is 0 Å². The summed E-state index contributed by atoms with van der Waals surface area (Å²) in [5.74, 6) is -0.510. The molecule has 136 valence electrons. The maximum Gasteiger partial charge on any atom is 0.249 e. The van der Waals surface area contributed by atoms with E-state index < -0.39 is 5.91 Å². The Morgan fingerprint density at radius 1 is 1.15 bits per heavy atom. The number of hydrogen-bond acceptors (Lipinski definition) is 4. The van der Waals surface area contributed by atoms with E-state index in [-0.39, 0.29) is 6.42 Å². The number of aromatic nitrogens is 2. The summed E-state index contributed by atoms with van der Waals surface area (Å²) in [4.78, 5) is 15.9. The lowest BCUT2D eigenvalue weighted by Crippen LogP contribution is -2.21. The average Bonchev–Trinajstić information content (AvgIpc) is 2.94. The van der Waals surface area contributed by atoms with Gasteiger partial charge in [0.25, 0.3) is 0 Å². The number of pyridine rings is 1. The number of carbonyl (C=O) groups is 1. The highest BCUT2D eigenvalue weighted by molar-refractivity contribution is 6.30. The molecule has 0 aliphatic carbocycles. The summed E-state index contributed by atoms with van der Waals surface area (Å²) < 4.78 is 2.15. The molecule has 6 nitrogen and oxygen atoms in total. The summed E-state index contributed by atoms with van der Waals surface area (Å²) in [5.41, 5.74) is 11.9. The van der Waals surface area contributed by atoms with Gasteiger partial charge in [-0.05, 0) is 42.0 Å². The van der Waals surface area contributed by atoms with Crippen LogP contribution in [-0.4, -0.2) is 20.7 Å². The fourth-order valence-electron chi connectivity index (χ4n) is 3.35.